The molecule has 2 aliphatic rings. The summed E-state index contributed by atoms with van der Waals surface area (Å²) in [7, 11) is 0. The van der Waals surface area contributed by atoms with E-state index in [0.29, 0.717) is 68.3 Å². The maximum absolute atomic E-state index is 12.7. The van der Waals surface area contributed by atoms with Crippen LogP contribution in [0.15, 0.2) is 20.4 Å². The van der Waals surface area contributed by atoms with E-state index in [0.717, 1.165) is 12.1 Å². The second-order valence-electron chi connectivity index (χ2n) is 6.37. The molecule has 0 aromatic heterocycles. The molecule has 0 aromatic carbocycles. The molecular formula is C17H29N7O2S2. The zero-order valence-electron chi connectivity index (χ0n) is 16.4. The van der Waals surface area contributed by atoms with Gasteiger partial charge >= 0.3 is 0 Å². The van der Waals surface area contributed by atoms with Crippen molar-refractivity contribution in [2.75, 3.05) is 39.4 Å². The Hall–Kier alpha value is -1.59. The molecule has 0 spiro atoms. The predicted molar refractivity (Wildman–Crippen MR) is 120 cm³/mol. The van der Waals surface area contributed by atoms with Crippen LogP contribution in [0.5, 0.6) is 0 Å². The fourth-order valence-electron chi connectivity index (χ4n) is 3.00. The van der Waals surface area contributed by atoms with Crippen molar-refractivity contribution in [2.45, 2.75) is 33.1 Å². The van der Waals surface area contributed by atoms with E-state index >= 15 is 0 Å². The lowest BCUT2D eigenvalue weighted by Crippen LogP contribution is -2.41. The van der Waals surface area contributed by atoms with Crippen molar-refractivity contribution in [3.05, 3.63) is 0 Å². The average molecular weight is 428 g/mol. The Kier molecular flexibility index (Phi) is 9.79. The summed E-state index contributed by atoms with van der Waals surface area (Å²) in [6.45, 7) is 7.76. The number of morpholine rings is 1. The Morgan fingerprint density at radius 2 is 1.71 bits per heavy atom. The van der Waals surface area contributed by atoms with Gasteiger partial charge in [-0.1, -0.05) is 0 Å². The van der Waals surface area contributed by atoms with Gasteiger partial charge in [0.2, 0.25) is 5.91 Å². The summed E-state index contributed by atoms with van der Waals surface area (Å²) in [6.07, 6.45) is 1.85. The van der Waals surface area contributed by atoms with Crippen molar-refractivity contribution in [3.8, 4) is 0 Å². The molecule has 1 atom stereocenters. The van der Waals surface area contributed by atoms with Gasteiger partial charge in [-0.3, -0.25) is 4.79 Å². The first kappa shape index (κ1) is 22.7. The number of thiol groups is 2. The molecule has 1 saturated carbocycles. The monoisotopic (exact) mass is 427 g/mol. The van der Waals surface area contributed by atoms with Crippen molar-refractivity contribution in [3.63, 3.8) is 0 Å². The van der Waals surface area contributed by atoms with Crippen LogP contribution in [0.1, 0.15) is 33.1 Å². The molecule has 0 aromatic rings. The lowest BCUT2D eigenvalue weighted by molar-refractivity contribution is -0.135. The number of ether oxygens (including phenoxy) is 1. The molecule has 11 heteroatoms. The minimum atomic E-state index is -0.0432. The normalized spacial score (nSPS) is 24.1. The zero-order chi connectivity index (χ0) is 20.4. The fraction of sp³-hybridized carbons (Fsp3) is 0.706. The van der Waals surface area contributed by atoms with Gasteiger partial charge in [0.1, 0.15) is 0 Å². The number of nitrogens with one attached hydrogen (secondary N) is 2. The Morgan fingerprint density at radius 3 is 2.32 bits per heavy atom. The second-order valence-corrected chi connectivity index (χ2v) is 7.22. The molecule has 1 unspecified atom stereocenters. The van der Waals surface area contributed by atoms with Crippen LogP contribution >= 0.6 is 25.3 Å². The van der Waals surface area contributed by atoms with E-state index in [2.05, 4.69) is 56.3 Å². The van der Waals surface area contributed by atoms with Crippen molar-refractivity contribution in [1.82, 2.24) is 15.5 Å². The summed E-state index contributed by atoms with van der Waals surface area (Å²) in [5.41, 5.74) is 1.41. The lowest BCUT2D eigenvalue weighted by Gasteiger charge is -2.27. The van der Waals surface area contributed by atoms with Gasteiger partial charge in [-0.15, -0.1) is 35.5 Å². The first-order valence-corrected chi connectivity index (χ1v) is 10.5. The molecule has 1 aliphatic heterocycles. The third kappa shape index (κ3) is 7.10. The molecular weight excluding hydrogens is 398 g/mol. The van der Waals surface area contributed by atoms with E-state index < -0.39 is 0 Å². The average Bonchev–Trinajstić information content (AvgIpc) is 3.07. The molecule has 2 fully saturated rings. The summed E-state index contributed by atoms with van der Waals surface area (Å²) >= 11 is 8.50. The van der Waals surface area contributed by atoms with E-state index in [1.807, 2.05) is 18.7 Å². The first-order chi connectivity index (χ1) is 13.5. The summed E-state index contributed by atoms with van der Waals surface area (Å²) in [5.74, 6) is 0.0633. The highest BCUT2D eigenvalue weighted by Gasteiger charge is 2.32. The van der Waals surface area contributed by atoms with Crippen molar-refractivity contribution < 1.29 is 9.53 Å². The summed E-state index contributed by atoms with van der Waals surface area (Å²) in [6, 6.07) is 0. The van der Waals surface area contributed by atoms with Crippen LogP contribution in [0.4, 0.5) is 0 Å². The minimum Gasteiger partial charge on any atom is -0.378 e. The van der Waals surface area contributed by atoms with E-state index in [4.69, 9.17) is 4.74 Å². The van der Waals surface area contributed by atoms with Gasteiger partial charge in [-0.2, -0.15) is 10.2 Å². The number of nitrogens with zero attached hydrogens (tertiary/aromatic N) is 5. The smallest absolute Gasteiger partial charge is 0.223 e. The van der Waals surface area contributed by atoms with Gasteiger partial charge in [0.25, 0.3) is 0 Å². The van der Waals surface area contributed by atoms with Crippen LogP contribution in [-0.4, -0.2) is 72.0 Å². The SMILES string of the molecule is CCN/C(S)=N/N=C1\CCC(CC(=O)N2CCOCC2)\C1=N/N=C(\S)NCC. The molecule has 156 valence electrons. The standard InChI is InChI=1S/C17H29N7O2S2/c1-3-18-16(27)22-20-13-6-5-12(15(13)21-23-17(28)19-4-2)11-14(25)24-7-9-26-10-8-24/h12H,3-11H2,1-2H3,(H2,18,22,27)(H2,19,23,28)/b20-13+,21-15+. The Balaban J connectivity index is 2.17. The molecule has 28 heavy (non-hydrogen) atoms. The van der Waals surface area contributed by atoms with Crippen molar-refractivity contribution in [2.24, 2.45) is 26.3 Å². The molecule has 1 saturated heterocycles. The third-order valence-electron chi connectivity index (χ3n) is 4.38. The molecule has 0 bridgehead atoms. The highest BCUT2D eigenvalue weighted by atomic mass is 32.1. The molecule has 2 rings (SSSR count). The van der Waals surface area contributed by atoms with Crippen LogP contribution in [-0.2, 0) is 9.53 Å². The van der Waals surface area contributed by atoms with Gasteiger partial charge in [0.05, 0.1) is 24.6 Å². The van der Waals surface area contributed by atoms with Gasteiger partial charge < -0.3 is 20.3 Å². The minimum absolute atomic E-state index is 0.0432. The number of amidine groups is 2. The molecule has 1 amide bonds. The number of hydrogen-bond donors (Lipinski definition) is 4. The maximum Gasteiger partial charge on any atom is 0.223 e. The van der Waals surface area contributed by atoms with Gasteiger partial charge in [-0.05, 0) is 26.7 Å². The molecule has 0 radical (unpaired) electrons. The van der Waals surface area contributed by atoms with Crippen LogP contribution < -0.4 is 10.6 Å². The van der Waals surface area contributed by atoms with Crippen molar-refractivity contribution in [1.29, 1.82) is 0 Å². The van der Waals surface area contributed by atoms with Crippen LogP contribution in [0.3, 0.4) is 0 Å². The maximum atomic E-state index is 12.7. The van der Waals surface area contributed by atoms with Crippen LogP contribution in [0.2, 0.25) is 0 Å². The Labute approximate surface area is 177 Å². The van der Waals surface area contributed by atoms with Crippen molar-refractivity contribution >= 4 is 52.9 Å². The lowest BCUT2D eigenvalue weighted by atomic mass is 10.0. The number of amides is 1. The topological polar surface area (TPSA) is 103 Å². The number of carbonyl (C=O) groups is 1. The summed E-state index contributed by atoms with van der Waals surface area (Å²) < 4.78 is 5.32. The highest BCUT2D eigenvalue weighted by molar-refractivity contribution is 7.97. The Morgan fingerprint density at radius 1 is 1.11 bits per heavy atom. The molecule has 1 aliphatic carbocycles. The summed E-state index contributed by atoms with van der Waals surface area (Å²) in [4.78, 5) is 14.5. The quantitative estimate of drug-likeness (QED) is 0.221. The van der Waals surface area contributed by atoms with E-state index in [-0.39, 0.29) is 11.8 Å². The van der Waals surface area contributed by atoms with Gasteiger partial charge in [0.15, 0.2) is 10.3 Å². The predicted octanol–water partition coefficient (Wildman–Crippen LogP) is 1.15. The fourth-order valence-corrected chi connectivity index (χ4v) is 3.40. The Bertz CT molecular complexity index is 658. The number of rotatable bonds is 6. The zero-order valence-corrected chi connectivity index (χ0v) is 18.2. The first-order valence-electron chi connectivity index (χ1n) is 9.56. The van der Waals surface area contributed by atoms with Crippen LogP contribution in [0.25, 0.3) is 0 Å². The van der Waals surface area contributed by atoms with Gasteiger partial charge in [-0.25, -0.2) is 0 Å². The molecule has 1 heterocycles. The van der Waals surface area contributed by atoms with E-state index in [1.54, 1.807) is 0 Å². The van der Waals surface area contributed by atoms with Crippen LogP contribution in [0, 0.1) is 5.92 Å². The molecule has 9 nitrogen and oxygen atoms in total. The largest absolute Gasteiger partial charge is 0.378 e. The number of hydrogen-bond acceptors (Lipinski definition) is 6. The van der Waals surface area contributed by atoms with E-state index in [1.165, 1.54) is 0 Å². The number of carbonyl (C=O) groups excluding carboxylic acids is 1. The third-order valence-corrected chi connectivity index (χ3v) is 4.88. The van der Waals surface area contributed by atoms with E-state index in [9.17, 15) is 4.79 Å². The van der Waals surface area contributed by atoms with Gasteiger partial charge in [0, 0.05) is 38.5 Å². The highest BCUT2D eigenvalue weighted by Crippen LogP contribution is 2.26. The second kappa shape index (κ2) is 12.1. The molecule has 2 N–H and O–H groups in total. The summed E-state index contributed by atoms with van der Waals surface area (Å²) in [5, 5.41) is 23.7.